The zero-order valence-corrected chi connectivity index (χ0v) is 13.1. The number of carbonyl (C=O) groups is 1. The first-order valence-corrected chi connectivity index (χ1v) is 7.76. The maximum Gasteiger partial charge on any atom is 0.248 e. The summed E-state index contributed by atoms with van der Waals surface area (Å²) in [6.45, 7) is 10.5. The molecule has 4 heteroatoms. The summed E-state index contributed by atoms with van der Waals surface area (Å²) < 4.78 is 5.74. The van der Waals surface area contributed by atoms with Gasteiger partial charge in [-0.1, -0.05) is 32.4 Å². The van der Waals surface area contributed by atoms with Crippen molar-refractivity contribution in [3.63, 3.8) is 0 Å². The molecule has 1 amide bonds. The smallest absolute Gasteiger partial charge is 0.248 e. The summed E-state index contributed by atoms with van der Waals surface area (Å²) in [4.78, 5) is 14.1. The average molecular weight is 280 g/mol. The van der Waals surface area contributed by atoms with E-state index in [1.54, 1.807) is 0 Å². The fourth-order valence-corrected chi connectivity index (χ4v) is 2.82. The number of nitrogens with zero attached hydrogens (tertiary/aromatic N) is 1. The zero-order chi connectivity index (χ0) is 14.6. The highest BCUT2D eigenvalue weighted by Gasteiger charge is 2.24. The Morgan fingerprint density at radius 1 is 1.40 bits per heavy atom. The SMILES string of the molecule is CC(C)(C)C1=CCN(C(=O)COC2CCNCC2)CC1. The second-order valence-electron chi connectivity index (χ2n) is 6.83. The molecule has 1 N–H and O–H groups in total. The molecule has 2 rings (SSSR count). The minimum atomic E-state index is 0.132. The van der Waals surface area contributed by atoms with E-state index in [0.29, 0.717) is 0 Å². The van der Waals surface area contributed by atoms with Crippen molar-refractivity contribution in [3.05, 3.63) is 11.6 Å². The Bertz CT molecular complexity index is 365. The summed E-state index contributed by atoms with van der Waals surface area (Å²) in [5.74, 6) is 0.132. The standard InChI is InChI=1S/C16H28N2O2/c1-16(2,3)13-6-10-18(11-7-13)15(19)12-20-14-4-8-17-9-5-14/h6,14,17H,4-5,7-12H2,1-3H3. The number of hydrogen-bond donors (Lipinski definition) is 1. The first-order chi connectivity index (χ1) is 9.47. The molecule has 2 heterocycles. The Morgan fingerprint density at radius 3 is 2.65 bits per heavy atom. The highest BCUT2D eigenvalue weighted by Crippen LogP contribution is 2.30. The number of amides is 1. The quantitative estimate of drug-likeness (QED) is 0.804. The lowest BCUT2D eigenvalue weighted by molar-refractivity contribution is -0.138. The summed E-state index contributed by atoms with van der Waals surface area (Å²) in [5.41, 5.74) is 1.68. The van der Waals surface area contributed by atoms with Gasteiger partial charge in [0, 0.05) is 13.1 Å². The fraction of sp³-hybridized carbons (Fsp3) is 0.812. The van der Waals surface area contributed by atoms with Gasteiger partial charge in [-0.3, -0.25) is 4.79 Å². The van der Waals surface area contributed by atoms with Crippen molar-refractivity contribution < 1.29 is 9.53 Å². The Balaban J connectivity index is 1.75. The zero-order valence-electron chi connectivity index (χ0n) is 13.1. The van der Waals surface area contributed by atoms with Gasteiger partial charge < -0.3 is 15.0 Å². The van der Waals surface area contributed by atoms with Crippen LogP contribution in [-0.4, -0.2) is 49.7 Å². The largest absolute Gasteiger partial charge is 0.368 e. The second kappa shape index (κ2) is 6.72. The van der Waals surface area contributed by atoms with Crippen molar-refractivity contribution in [3.8, 4) is 0 Å². The lowest BCUT2D eigenvalue weighted by Crippen LogP contribution is -2.40. The number of nitrogens with one attached hydrogen (secondary N) is 1. The number of rotatable bonds is 3. The van der Waals surface area contributed by atoms with Crippen molar-refractivity contribution in [1.29, 1.82) is 0 Å². The van der Waals surface area contributed by atoms with Crippen LogP contribution >= 0.6 is 0 Å². The maximum atomic E-state index is 12.2. The summed E-state index contributed by atoms with van der Waals surface area (Å²) in [7, 11) is 0. The third-order valence-electron chi connectivity index (χ3n) is 4.25. The summed E-state index contributed by atoms with van der Waals surface area (Å²) in [6, 6.07) is 0. The summed E-state index contributed by atoms with van der Waals surface area (Å²) in [6.07, 6.45) is 5.49. The molecule has 0 unspecified atom stereocenters. The monoisotopic (exact) mass is 280 g/mol. The van der Waals surface area contributed by atoms with Crippen molar-refractivity contribution in [2.24, 2.45) is 5.41 Å². The van der Waals surface area contributed by atoms with Crippen LogP contribution in [0.25, 0.3) is 0 Å². The van der Waals surface area contributed by atoms with Gasteiger partial charge in [0.05, 0.1) is 6.10 Å². The Kier molecular flexibility index (Phi) is 5.22. The predicted octanol–water partition coefficient (Wildman–Crippen LogP) is 1.96. The van der Waals surface area contributed by atoms with Gasteiger partial charge in [-0.05, 0) is 37.8 Å². The molecule has 0 aliphatic carbocycles. The highest BCUT2D eigenvalue weighted by molar-refractivity contribution is 5.77. The number of carbonyl (C=O) groups excluding carboxylic acids is 1. The molecule has 114 valence electrons. The van der Waals surface area contributed by atoms with E-state index >= 15 is 0 Å². The lowest BCUT2D eigenvalue weighted by atomic mass is 9.83. The van der Waals surface area contributed by atoms with E-state index in [1.165, 1.54) is 5.57 Å². The van der Waals surface area contributed by atoms with Crippen LogP contribution in [0.5, 0.6) is 0 Å². The van der Waals surface area contributed by atoms with Gasteiger partial charge in [0.1, 0.15) is 6.61 Å². The van der Waals surface area contributed by atoms with Crippen LogP contribution < -0.4 is 5.32 Å². The molecule has 0 aromatic carbocycles. The molecule has 0 spiro atoms. The predicted molar refractivity (Wildman–Crippen MR) is 80.6 cm³/mol. The first kappa shape index (κ1) is 15.5. The van der Waals surface area contributed by atoms with Gasteiger partial charge in [-0.15, -0.1) is 0 Å². The Hall–Kier alpha value is -0.870. The number of piperidine rings is 1. The van der Waals surface area contributed by atoms with Gasteiger partial charge in [0.2, 0.25) is 5.91 Å². The number of ether oxygens (including phenoxy) is 1. The minimum absolute atomic E-state index is 0.132. The molecule has 0 aromatic heterocycles. The van der Waals surface area contributed by atoms with Crippen LogP contribution in [0.4, 0.5) is 0 Å². The molecule has 1 saturated heterocycles. The van der Waals surface area contributed by atoms with Crippen LogP contribution in [0, 0.1) is 5.41 Å². The van der Waals surface area contributed by atoms with Gasteiger partial charge >= 0.3 is 0 Å². The average Bonchev–Trinajstić information content (AvgIpc) is 2.45. The van der Waals surface area contributed by atoms with Crippen LogP contribution in [0.1, 0.15) is 40.0 Å². The lowest BCUT2D eigenvalue weighted by Gasteiger charge is -2.32. The number of hydrogen-bond acceptors (Lipinski definition) is 3. The van der Waals surface area contributed by atoms with Crippen molar-refractivity contribution >= 4 is 5.91 Å². The first-order valence-electron chi connectivity index (χ1n) is 7.76. The van der Waals surface area contributed by atoms with Crippen molar-refractivity contribution in [2.45, 2.75) is 46.1 Å². The molecule has 2 aliphatic rings. The maximum absolute atomic E-state index is 12.2. The molecule has 0 saturated carbocycles. The van der Waals surface area contributed by atoms with Crippen LogP contribution in [0.15, 0.2) is 11.6 Å². The molecular formula is C16H28N2O2. The fourth-order valence-electron chi connectivity index (χ4n) is 2.82. The van der Waals surface area contributed by atoms with E-state index in [-0.39, 0.29) is 24.0 Å². The Morgan fingerprint density at radius 2 is 2.10 bits per heavy atom. The highest BCUT2D eigenvalue weighted by atomic mass is 16.5. The van der Waals surface area contributed by atoms with E-state index in [4.69, 9.17) is 4.74 Å². The minimum Gasteiger partial charge on any atom is -0.368 e. The molecular weight excluding hydrogens is 252 g/mol. The molecule has 2 aliphatic heterocycles. The third-order valence-corrected chi connectivity index (χ3v) is 4.25. The normalized spacial score (nSPS) is 21.8. The molecule has 1 fully saturated rings. The molecule has 0 atom stereocenters. The van der Waals surface area contributed by atoms with Gasteiger partial charge in [-0.2, -0.15) is 0 Å². The summed E-state index contributed by atoms with van der Waals surface area (Å²) in [5, 5.41) is 3.30. The Labute approximate surface area is 122 Å². The van der Waals surface area contributed by atoms with Gasteiger partial charge in [-0.25, -0.2) is 0 Å². The van der Waals surface area contributed by atoms with E-state index in [9.17, 15) is 4.79 Å². The van der Waals surface area contributed by atoms with Crippen LogP contribution in [0.2, 0.25) is 0 Å². The van der Waals surface area contributed by atoms with Crippen molar-refractivity contribution in [2.75, 3.05) is 32.8 Å². The van der Waals surface area contributed by atoms with Crippen LogP contribution in [-0.2, 0) is 9.53 Å². The van der Waals surface area contributed by atoms with Crippen molar-refractivity contribution in [1.82, 2.24) is 10.2 Å². The summed E-state index contributed by atoms with van der Waals surface area (Å²) >= 11 is 0. The van der Waals surface area contributed by atoms with E-state index in [0.717, 1.165) is 45.4 Å². The topological polar surface area (TPSA) is 41.6 Å². The second-order valence-corrected chi connectivity index (χ2v) is 6.83. The van der Waals surface area contributed by atoms with Gasteiger partial charge in [0.25, 0.3) is 0 Å². The third kappa shape index (κ3) is 4.32. The van der Waals surface area contributed by atoms with E-state index in [1.807, 2.05) is 4.90 Å². The molecule has 0 aromatic rings. The molecule has 4 nitrogen and oxygen atoms in total. The molecule has 0 bridgehead atoms. The van der Waals surface area contributed by atoms with E-state index in [2.05, 4.69) is 32.2 Å². The van der Waals surface area contributed by atoms with E-state index < -0.39 is 0 Å². The molecule has 0 radical (unpaired) electrons. The van der Waals surface area contributed by atoms with Gasteiger partial charge in [0.15, 0.2) is 0 Å². The molecule has 20 heavy (non-hydrogen) atoms. The van der Waals surface area contributed by atoms with Crippen LogP contribution in [0.3, 0.4) is 0 Å².